The van der Waals surface area contributed by atoms with Gasteiger partial charge in [0.25, 0.3) is 0 Å². The number of nitrogens with zero attached hydrogens (tertiary/aromatic N) is 1. The molecule has 0 amide bonds. The van der Waals surface area contributed by atoms with Gasteiger partial charge in [-0.3, -0.25) is 0 Å². The first-order valence-electron chi connectivity index (χ1n) is 8.44. The molecule has 1 aromatic heterocycles. The molecule has 3 aromatic rings. The number of oxazole rings is 1. The fourth-order valence-corrected chi connectivity index (χ4v) is 4.08. The van der Waals surface area contributed by atoms with Gasteiger partial charge in [0.2, 0.25) is 15.9 Å². The summed E-state index contributed by atoms with van der Waals surface area (Å²) in [6.45, 7) is 1.86. The van der Waals surface area contributed by atoms with E-state index in [0.29, 0.717) is 17.7 Å². The minimum atomic E-state index is -4.68. The summed E-state index contributed by atoms with van der Waals surface area (Å²) in [5.41, 5.74) is 1.27. The van der Waals surface area contributed by atoms with Crippen LogP contribution in [0.4, 0.5) is 13.2 Å². The summed E-state index contributed by atoms with van der Waals surface area (Å²) in [5, 5.41) is -0.298. The average Bonchev–Trinajstić information content (AvgIpc) is 3.10. The summed E-state index contributed by atoms with van der Waals surface area (Å²) >= 11 is 5.80. The minimum Gasteiger partial charge on any atom is -0.444 e. The summed E-state index contributed by atoms with van der Waals surface area (Å²) in [6, 6.07) is 9.66. The van der Waals surface area contributed by atoms with Crippen molar-refractivity contribution in [2.75, 3.05) is 6.54 Å². The molecule has 0 saturated carbocycles. The van der Waals surface area contributed by atoms with E-state index in [0.717, 1.165) is 23.3 Å². The number of benzene rings is 2. The van der Waals surface area contributed by atoms with Gasteiger partial charge in [-0.2, -0.15) is 13.2 Å². The molecule has 0 radical (unpaired) electrons. The average molecular weight is 445 g/mol. The van der Waals surface area contributed by atoms with Crippen molar-refractivity contribution in [1.82, 2.24) is 9.71 Å². The maximum absolute atomic E-state index is 12.8. The van der Waals surface area contributed by atoms with Crippen molar-refractivity contribution in [2.24, 2.45) is 0 Å². The van der Waals surface area contributed by atoms with E-state index in [1.807, 2.05) is 31.2 Å². The zero-order valence-electron chi connectivity index (χ0n) is 15.1. The van der Waals surface area contributed by atoms with Gasteiger partial charge in [0.05, 0.1) is 16.3 Å². The van der Waals surface area contributed by atoms with Gasteiger partial charge in [-0.05, 0) is 37.3 Å². The van der Waals surface area contributed by atoms with Crippen LogP contribution < -0.4 is 4.72 Å². The number of aryl methyl sites for hydroxylation is 1. The van der Waals surface area contributed by atoms with Gasteiger partial charge in [0.15, 0.2) is 0 Å². The van der Waals surface area contributed by atoms with Crippen molar-refractivity contribution in [3.8, 4) is 11.5 Å². The maximum atomic E-state index is 12.8. The highest BCUT2D eigenvalue weighted by Gasteiger charge is 2.32. The molecule has 0 aliphatic heterocycles. The highest BCUT2D eigenvalue weighted by Crippen LogP contribution is 2.33. The van der Waals surface area contributed by atoms with Gasteiger partial charge in [-0.25, -0.2) is 18.1 Å². The van der Waals surface area contributed by atoms with Crippen LogP contribution in [-0.4, -0.2) is 19.9 Å². The van der Waals surface area contributed by atoms with Crippen molar-refractivity contribution >= 4 is 21.6 Å². The number of aromatic nitrogens is 1. The molecular weight excluding hydrogens is 429 g/mol. The first-order chi connectivity index (χ1) is 13.6. The van der Waals surface area contributed by atoms with Gasteiger partial charge in [0, 0.05) is 18.5 Å². The molecule has 1 N–H and O–H groups in total. The molecule has 29 heavy (non-hydrogen) atoms. The van der Waals surface area contributed by atoms with Crippen molar-refractivity contribution in [3.63, 3.8) is 0 Å². The molecule has 154 valence electrons. The highest BCUT2D eigenvalue weighted by atomic mass is 35.5. The molecular formula is C19H16ClF3N2O3S. The number of sulfonamides is 1. The maximum Gasteiger partial charge on any atom is 0.416 e. The van der Waals surface area contributed by atoms with Crippen LogP contribution in [0.1, 0.15) is 16.8 Å². The number of nitrogens with one attached hydrogen (secondary N) is 1. The minimum absolute atomic E-state index is 0.0885. The van der Waals surface area contributed by atoms with E-state index in [-0.39, 0.29) is 18.0 Å². The van der Waals surface area contributed by atoms with Crippen LogP contribution in [0.3, 0.4) is 0 Å². The predicted molar refractivity (Wildman–Crippen MR) is 102 cm³/mol. The molecule has 0 saturated heterocycles. The molecule has 0 bridgehead atoms. The van der Waals surface area contributed by atoms with E-state index in [1.54, 1.807) is 0 Å². The summed E-state index contributed by atoms with van der Waals surface area (Å²) < 4.78 is 70.9. The monoisotopic (exact) mass is 444 g/mol. The molecule has 5 nitrogen and oxygen atoms in total. The second-order valence-electron chi connectivity index (χ2n) is 6.30. The van der Waals surface area contributed by atoms with Crippen LogP contribution in [0, 0.1) is 6.92 Å². The highest BCUT2D eigenvalue weighted by molar-refractivity contribution is 7.89. The molecule has 1 heterocycles. The lowest BCUT2D eigenvalue weighted by atomic mass is 10.1. The van der Waals surface area contributed by atoms with E-state index < -0.39 is 26.7 Å². The molecule has 10 heteroatoms. The number of alkyl halides is 3. The Morgan fingerprint density at radius 3 is 2.48 bits per heavy atom. The summed E-state index contributed by atoms with van der Waals surface area (Å²) in [4.78, 5) is 3.66. The number of hydrogen-bond donors (Lipinski definition) is 1. The van der Waals surface area contributed by atoms with Gasteiger partial charge >= 0.3 is 6.18 Å². The third-order valence-corrected chi connectivity index (χ3v) is 6.01. The molecule has 3 rings (SSSR count). The van der Waals surface area contributed by atoms with Crippen molar-refractivity contribution in [1.29, 1.82) is 0 Å². The van der Waals surface area contributed by atoms with Crippen LogP contribution in [0.25, 0.3) is 11.5 Å². The van der Waals surface area contributed by atoms with Crippen molar-refractivity contribution in [3.05, 3.63) is 70.6 Å². The van der Waals surface area contributed by atoms with Crippen LogP contribution in [0.15, 0.2) is 58.0 Å². The first-order valence-corrected chi connectivity index (χ1v) is 10.3. The van der Waals surface area contributed by atoms with E-state index in [2.05, 4.69) is 9.71 Å². The molecule has 0 fully saturated rings. The summed E-state index contributed by atoms with van der Waals surface area (Å²) in [6.07, 6.45) is -3.09. The molecule has 0 aliphatic carbocycles. The molecule has 0 spiro atoms. The number of rotatable bonds is 6. The second-order valence-corrected chi connectivity index (χ2v) is 8.44. The Morgan fingerprint density at radius 2 is 1.83 bits per heavy atom. The van der Waals surface area contributed by atoms with Crippen LogP contribution in [0.5, 0.6) is 0 Å². The van der Waals surface area contributed by atoms with Crippen LogP contribution in [0.2, 0.25) is 5.02 Å². The number of halogens is 4. The number of hydrogen-bond acceptors (Lipinski definition) is 4. The molecule has 0 aliphatic rings. The Balaban J connectivity index is 1.68. The van der Waals surface area contributed by atoms with E-state index in [4.69, 9.17) is 16.0 Å². The van der Waals surface area contributed by atoms with Gasteiger partial charge in [0.1, 0.15) is 11.2 Å². The topological polar surface area (TPSA) is 72.2 Å². The standard InChI is InChI=1S/C19H16ClF3N2O3S/c1-12-2-4-13(5-3-12)18-25-15(11-28-18)8-9-24-29(26,27)17-10-14(19(21,22)23)6-7-16(17)20/h2-7,10-11,24H,8-9H2,1H3. The first kappa shape index (κ1) is 21.4. The second kappa shape index (κ2) is 8.17. The van der Waals surface area contributed by atoms with Crippen molar-refractivity contribution < 1.29 is 26.0 Å². The van der Waals surface area contributed by atoms with Crippen LogP contribution >= 0.6 is 11.6 Å². The Bertz CT molecular complexity index is 1110. The molecule has 2 aromatic carbocycles. The zero-order valence-corrected chi connectivity index (χ0v) is 16.7. The van der Waals surface area contributed by atoms with Gasteiger partial charge < -0.3 is 4.42 Å². The zero-order chi connectivity index (χ0) is 21.2. The van der Waals surface area contributed by atoms with Gasteiger partial charge in [-0.1, -0.05) is 29.3 Å². The summed E-state index contributed by atoms with van der Waals surface area (Å²) in [5.74, 6) is 0.392. The summed E-state index contributed by atoms with van der Waals surface area (Å²) in [7, 11) is -4.23. The smallest absolute Gasteiger partial charge is 0.416 e. The normalized spacial score (nSPS) is 12.3. The Kier molecular flexibility index (Phi) is 6.02. The molecule has 0 unspecified atom stereocenters. The van der Waals surface area contributed by atoms with E-state index in [1.165, 1.54) is 6.26 Å². The van der Waals surface area contributed by atoms with Crippen LogP contribution in [-0.2, 0) is 22.6 Å². The SMILES string of the molecule is Cc1ccc(-c2nc(CCNS(=O)(=O)c3cc(C(F)(F)F)ccc3Cl)co2)cc1. The fourth-order valence-electron chi connectivity index (χ4n) is 2.53. The lowest BCUT2D eigenvalue weighted by Gasteiger charge is -2.11. The largest absolute Gasteiger partial charge is 0.444 e. The third kappa shape index (κ3) is 5.17. The predicted octanol–water partition coefficient (Wildman–Crippen LogP) is 4.84. The third-order valence-electron chi connectivity index (χ3n) is 4.07. The lowest BCUT2D eigenvalue weighted by Crippen LogP contribution is -2.26. The van der Waals surface area contributed by atoms with E-state index >= 15 is 0 Å². The quantitative estimate of drug-likeness (QED) is 0.590. The van der Waals surface area contributed by atoms with E-state index in [9.17, 15) is 21.6 Å². The molecule has 0 atom stereocenters. The van der Waals surface area contributed by atoms with Crippen molar-refractivity contribution in [2.45, 2.75) is 24.4 Å². The fraction of sp³-hybridized carbons (Fsp3) is 0.211. The Hall–Kier alpha value is -2.36. The lowest BCUT2D eigenvalue weighted by molar-refractivity contribution is -0.137. The van der Waals surface area contributed by atoms with Gasteiger partial charge in [-0.15, -0.1) is 0 Å². The Labute approximate surface area is 170 Å². The Morgan fingerprint density at radius 1 is 1.14 bits per heavy atom.